The summed E-state index contributed by atoms with van der Waals surface area (Å²) < 4.78 is 25.8. The second kappa shape index (κ2) is 6.16. The van der Waals surface area contributed by atoms with Gasteiger partial charge in [-0.3, -0.25) is 4.79 Å². The molecule has 0 aliphatic heterocycles. The fraction of sp³-hybridized carbons (Fsp3) is 0.625. The molecule has 0 aliphatic carbocycles. The van der Waals surface area contributed by atoms with Crippen molar-refractivity contribution in [3.05, 3.63) is 5.82 Å². The molecule has 18 heavy (non-hydrogen) atoms. The molecule has 102 valence electrons. The van der Waals surface area contributed by atoms with Crippen LogP contribution in [0.25, 0.3) is 0 Å². The van der Waals surface area contributed by atoms with E-state index in [0.717, 1.165) is 18.0 Å². The number of thioether (sulfide) groups is 1. The van der Waals surface area contributed by atoms with Crippen LogP contribution in [-0.4, -0.2) is 52.8 Å². The van der Waals surface area contributed by atoms with Gasteiger partial charge in [0.1, 0.15) is 5.82 Å². The van der Waals surface area contributed by atoms with Crippen LogP contribution in [0.1, 0.15) is 5.82 Å². The zero-order valence-corrected chi connectivity index (χ0v) is 11.6. The van der Waals surface area contributed by atoms with Gasteiger partial charge < -0.3 is 9.67 Å². The Morgan fingerprint density at radius 2 is 2.17 bits per heavy atom. The summed E-state index contributed by atoms with van der Waals surface area (Å²) in [6, 6.07) is 0. The minimum Gasteiger partial charge on any atom is -0.481 e. The topological polar surface area (TPSA) is 114 Å². The summed E-state index contributed by atoms with van der Waals surface area (Å²) in [7, 11) is -3.23. The van der Waals surface area contributed by atoms with Crippen LogP contribution in [0.3, 0.4) is 0 Å². The first-order valence-corrected chi connectivity index (χ1v) is 7.86. The minimum absolute atomic E-state index is 0.113. The Bertz CT molecular complexity index is 525. The monoisotopic (exact) mass is 294 g/mol. The highest BCUT2D eigenvalue weighted by atomic mass is 32.2. The van der Waals surface area contributed by atoms with E-state index in [1.807, 2.05) is 0 Å². The molecule has 10 heteroatoms. The average molecular weight is 294 g/mol. The van der Waals surface area contributed by atoms with Crippen LogP contribution in [0.5, 0.6) is 0 Å². The molecule has 0 spiro atoms. The van der Waals surface area contributed by atoms with E-state index in [0.29, 0.717) is 17.5 Å². The highest BCUT2D eigenvalue weighted by Gasteiger charge is 2.11. The van der Waals surface area contributed by atoms with Crippen molar-refractivity contribution in [1.82, 2.24) is 19.5 Å². The van der Waals surface area contributed by atoms with E-state index in [1.54, 1.807) is 11.5 Å². The highest BCUT2D eigenvalue weighted by molar-refractivity contribution is 7.99. The van der Waals surface area contributed by atoms with Crippen molar-refractivity contribution in [1.29, 1.82) is 0 Å². The maximum absolute atomic E-state index is 10.9. The summed E-state index contributed by atoms with van der Waals surface area (Å²) in [6.45, 7) is 2.28. The van der Waals surface area contributed by atoms with Crippen LogP contribution in [0.15, 0.2) is 5.16 Å². The molecule has 1 rings (SSSR count). The second-order valence-corrected chi connectivity index (χ2v) is 6.31. The van der Waals surface area contributed by atoms with E-state index in [2.05, 4.69) is 14.9 Å². The molecule has 8 nitrogen and oxygen atoms in total. The third kappa shape index (κ3) is 5.02. The molecular weight excluding hydrogens is 280 g/mol. The Balaban J connectivity index is 2.63. The van der Waals surface area contributed by atoms with Crippen LogP contribution in [0.4, 0.5) is 0 Å². The first-order valence-electron chi connectivity index (χ1n) is 4.98. The van der Waals surface area contributed by atoms with Crippen LogP contribution >= 0.6 is 11.8 Å². The zero-order valence-electron chi connectivity index (χ0n) is 9.95. The van der Waals surface area contributed by atoms with Gasteiger partial charge in [0.15, 0.2) is 5.16 Å². The van der Waals surface area contributed by atoms with Crippen LogP contribution in [-0.2, 0) is 21.4 Å². The third-order valence-corrected chi connectivity index (χ3v) is 3.61. The lowest BCUT2D eigenvalue weighted by atomic mass is 10.6. The molecular formula is C8H14N4O4S2. The summed E-state index contributed by atoms with van der Waals surface area (Å²) in [4.78, 5) is 10.5. The van der Waals surface area contributed by atoms with Crippen molar-refractivity contribution in [2.24, 2.45) is 0 Å². The SMILES string of the molecule is Cc1nnc(SCC(=O)O)n1CCNS(C)(=O)=O. The molecule has 0 atom stereocenters. The van der Waals surface area contributed by atoms with Gasteiger partial charge in [-0.05, 0) is 6.92 Å². The lowest BCUT2D eigenvalue weighted by Gasteiger charge is -2.07. The summed E-state index contributed by atoms with van der Waals surface area (Å²) in [5.74, 6) is -0.447. The number of sulfonamides is 1. The Morgan fingerprint density at radius 1 is 1.50 bits per heavy atom. The smallest absolute Gasteiger partial charge is 0.313 e. The number of aryl methyl sites for hydroxylation is 1. The lowest BCUT2D eigenvalue weighted by Crippen LogP contribution is -2.26. The van der Waals surface area contributed by atoms with Gasteiger partial charge in [-0.25, -0.2) is 13.1 Å². The number of rotatable bonds is 7. The van der Waals surface area contributed by atoms with Gasteiger partial charge in [-0.2, -0.15) is 0 Å². The van der Waals surface area contributed by atoms with Crippen molar-refractivity contribution in [2.75, 3.05) is 18.6 Å². The first kappa shape index (κ1) is 14.9. The van der Waals surface area contributed by atoms with Crippen molar-refractivity contribution in [3.63, 3.8) is 0 Å². The van der Waals surface area contributed by atoms with Gasteiger partial charge in [0.2, 0.25) is 10.0 Å². The maximum atomic E-state index is 10.9. The molecule has 0 radical (unpaired) electrons. The van der Waals surface area contributed by atoms with Gasteiger partial charge >= 0.3 is 5.97 Å². The number of carbonyl (C=O) groups is 1. The molecule has 0 saturated carbocycles. The normalized spacial score (nSPS) is 11.7. The third-order valence-electron chi connectivity index (χ3n) is 1.93. The summed E-state index contributed by atoms with van der Waals surface area (Å²) in [5.41, 5.74) is 0. The number of hydrogen-bond acceptors (Lipinski definition) is 6. The number of hydrogen-bond donors (Lipinski definition) is 2. The van der Waals surface area contributed by atoms with Crippen molar-refractivity contribution in [3.8, 4) is 0 Å². The van der Waals surface area contributed by atoms with Crippen LogP contribution in [0.2, 0.25) is 0 Å². The molecule has 0 aromatic carbocycles. The van der Waals surface area contributed by atoms with Gasteiger partial charge in [0, 0.05) is 13.1 Å². The fourth-order valence-corrected chi connectivity index (χ4v) is 2.39. The van der Waals surface area contributed by atoms with E-state index in [-0.39, 0.29) is 12.3 Å². The van der Waals surface area contributed by atoms with Crippen molar-refractivity contribution in [2.45, 2.75) is 18.6 Å². The Hall–Kier alpha value is -1.13. The summed E-state index contributed by atoms with van der Waals surface area (Å²) >= 11 is 1.05. The van der Waals surface area contributed by atoms with E-state index in [1.165, 1.54) is 0 Å². The van der Waals surface area contributed by atoms with Gasteiger partial charge in [0.25, 0.3) is 0 Å². The fourth-order valence-electron chi connectivity index (χ4n) is 1.19. The highest BCUT2D eigenvalue weighted by Crippen LogP contribution is 2.16. The quantitative estimate of drug-likeness (QED) is 0.640. The largest absolute Gasteiger partial charge is 0.481 e. The Morgan fingerprint density at radius 3 is 2.72 bits per heavy atom. The van der Waals surface area contributed by atoms with Gasteiger partial charge in [0.05, 0.1) is 12.0 Å². The number of nitrogens with zero attached hydrogens (tertiary/aromatic N) is 3. The number of carboxylic acids is 1. The predicted octanol–water partition coefficient (Wildman–Crippen LogP) is -0.688. The lowest BCUT2D eigenvalue weighted by molar-refractivity contribution is -0.133. The number of aliphatic carboxylic acids is 1. The van der Waals surface area contributed by atoms with Gasteiger partial charge in [-0.15, -0.1) is 10.2 Å². The molecule has 2 N–H and O–H groups in total. The average Bonchev–Trinajstić information content (AvgIpc) is 2.56. The predicted molar refractivity (Wildman–Crippen MR) is 66.0 cm³/mol. The van der Waals surface area contributed by atoms with Crippen molar-refractivity contribution >= 4 is 27.8 Å². The second-order valence-electron chi connectivity index (χ2n) is 3.53. The van der Waals surface area contributed by atoms with E-state index >= 15 is 0 Å². The van der Waals surface area contributed by atoms with E-state index < -0.39 is 16.0 Å². The molecule has 1 aromatic rings. The molecule has 0 bridgehead atoms. The Labute approximate surface area is 109 Å². The summed E-state index contributed by atoms with van der Waals surface area (Å²) in [6.07, 6.45) is 1.08. The van der Waals surface area contributed by atoms with E-state index in [9.17, 15) is 13.2 Å². The molecule has 0 amide bonds. The minimum atomic E-state index is -3.23. The van der Waals surface area contributed by atoms with E-state index in [4.69, 9.17) is 5.11 Å². The zero-order chi connectivity index (χ0) is 13.8. The molecule has 0 unspecified atom stereocenters. The molecule has 1 heterocycles. The van der Waals surface area contributed by atoms with Crippen LogP contribution in [0, 0.1) is 6.92 Å². The summed E-state index contributed by atoms with van der Waals surface area (Å²) in [5, 5.41) is 16.7. The standard InChI is InChI=1S/C8H14N4O4S2/c1-6-10-11-8(17-5-7(13)14)12(6)4-3-9-18(2,15)16/h9H,3-5H2,1-2H3,(H,13,14). The number of aromatic nitrogens is 3. The molecule has 0 fully saturated rings. The van der Waals surface area contributed by atoms with Gasteiger partial charge in [-0.1, -0.05) is 11.8 Å². The molecule has 1 aromatic heterocycles. The Kier molecular flexibility index (Phi) is 5.11. The number of nitrogens with one attached hydrogen (secondary N) is 1. The first-order chi connectivity index (χ1) is 8.29. The molecule has 0 saturated heterocycles. The number of carboxylic acid groups (broad SMARTS) is 1. The maximum Gasteiger partial charge on any atom is 0.313 e. The van der Waals surface area contributed by atoms with Crippen molar-refractivity contribution < 1.29 is 18.3 Å². The molecule has 0 aliphatic rings. The van der Waals surface area contributed by atoms with Crippen LogP contribution < -0.4 is 4.72 Å².